The van der Waals surface area contributed by atoms with Gasteiger partial charge in [-0.2, -0.15) is 0 Å². The third-order valence-electron chi connectivity index (χ3n) is 3.94. The summed E-state index contributed by atoms with van der Waals surface area (Å²) in [6.45, 7) is 5.10. The van der Waals surface area contributed by atoms with Crippen LogP contribution in [-0.2, 0) is 0 Å². The lowest BCUT2D eigenvalue weighted by molar-refractivity contribution is -0.385. The monoisotopic (exact) mass is 299 g/mol. The lowest BCUT2D eigenvalue weighted by atomic mass is 10.0. The van der Waals surface area contributed by atoms with E-state index >= 15 is 0 Å². The summed E-state index contributed by atoms with van der Waals surface area (Å²) >= 11 is 0. The predicted octanol–water partition coefficient (Wildman–Crippen LogP) is 2.62. The summed E-state index contributed by atoms with van der Waals surface area (Å²) in [6, 6.07) is 7.16. The molecule has 0 bridgehead atoms. The van der Waals surface area contributed by atoms with Gasteiger partial charge >= 0.3 is 0 Å². The lowest BCUT2D eigenvalue weighted by Crippen LogP contribution is -2.27. The molecule has 0 aromatic heterocycles. The second-order valence-electron chi connectivity index (χ2n) is 5.20. The Hall–Kier alpha value is -1.17. The second-order valence-corrected chi connectivity index (χ2v) is 5.20. The highest BCUT2D eigenvalue weighted by atomic mass is 35.5. The van der Waals surface area contributed by atoms with Gasteiger partial charge in [-0.3, -0.25) is 15.0 Å². The van der Waals surface area contributed by atoms with E-state index < -0.39 is 0 Å². The molecule has 1 fully saturated rings. The van der Waals surface area contributed by atoms with Crippen LogP contribution in [0.2, 0.25) is 0 Å². The van der Waals surface area contributed by atoms with E-state index in [9.17, 15) is 10.1 Å². The molecule has 1 aromatic carbocycles. The summed E-state index contributed by atoms with van der Waals surface area (Å²) in [7, 11) is 1.97. The van der Waals surface area contributed by atoms with E-state index in [2.05, 4.69) is 17.1 Å². The molecule has 1 aliphatic heterocycles. The number of rotatable bonds is 5. The molecule has 1 N–H and O–H groups in total. The molecule has 0 radical (unpaired) electrons. The summed E-state index contributed by atoms with van der Waals surface area (Å²) in [6.07, 6.45) is 1.16. The Morgan fingerprint density at radius 3 is 2.85 bits per heavy atom. The van der Waals surface area contributed by atoms with E-state index in [1.807, 2.05) is 19.2 Å². The average molecular weight is 300 g/mol. The first kappa shape index (κ1) is 16.9. The van der Waals surface area contributed by atoms with Crippen molar-refractivity contribution in [3.8, 4) is 0 Å². The van der Waals surface area contributed by atoms with Gasteiger partial charge < -0.3 is 5.32 Å². The van der Waals surface area contributed by atoms with Crippen LogP contribution in [0.5, 0.6) is 0 Å². The number of para-hydroxylation sites is 1. The molecule has 2 unspecified atom stereocenters. The van der Waals surface area contributed by atoms with Gasteiger partial charge in [-0.15, -0.1) is 12.4 Å². The van der Waals surface area contributed by atoms with Gasteiger partial charge in [0.15, 0.2) is 0 Å². The van der Waals surface area contributed by atoms with E-state index in [4.69, 9.17) is 0 Å². The summed E-state index contributed by atoms with van der Waals surface area (Å²) < 4.78 is 0. The van der Waals surface area contributed by atoms with E-state index in [0.29, 0.717) is 5.92 Å². The Bertz CT molecular complexity index is 456. The molecule has 1 aromatic rings. The highest BCUT2D eigenvalue weighted by Gasteiger charge is 2.29. The number of hydrogen-bond donors (Lipinski definition) is 1. The van der Waals surface area contributed by atoms with Crippen molar-refractivity contribution in [2.24, 2.45) is 5.92 Å². The SMILES string of the molecule is CNCC1CCN(C(C)c2ccccc2[N+](=O)[O-])C1.Cl. The highest BCUT2D eigenvalue weighted by Crippen LogP contribution is 2.32. The molecule has 2 atom stereocenters. The van der Waals surface area contributed by atoms with E-state index in [0.717, 1.165) is 31.6 Å². The van der Waals surface area contributed by atoms with Crippen LogP contribution in [0.15, 0.2) is 24.3 Å². The zero-order valence-electron chi connectivity index (χ0n) is 11.9. The van der Waals surface area contributed by atoms with Crippen LogP contribution in [0.1, 0.15) is 24.9 Å². The number of benzene rings is 1. The van der Waals surface area contributed by atoms with Crippen molar-refractivity contribution in [3.63, 3.8) is 0 Å². The fourth-order valence-electron chi connectivity index (χ4n) is 2.87. The Morgan fingerprint density at radius 1 is 1.50 bits per heavy atom. The van der Waals surface area contributed by atoms with Gasteiger partial charge in [-0.25, -0.2) is 0 Å². The van der Waals surface area contributed by atoms with Crippen LogP contribution in [-0.4, -0.2) is 36.5 Å². The van der Waals surface area contributed by atoms with Crippen LogP contribution in [0.3, 0.4) is 0 Å². The highest BCUT2D eigenvalue weighted by molar-refractivity contribution is 5.85. The van der Waals surface area contributed by atoms with Gasteiger partial charge in [0.1, 0.15) is 0 Å². The van der Waals surface area contributed by atoms with Gasteiger partial charge in [0, 0.05) is 24.2 Å². The number of nitrogens with zero attached hydrogens (tertiary/aromatic N) is 2. The fourth-order valence-corrected chi connectivity index (χ4v) is 2.87. The zero-order valence-corrected chi connectivity index (χ0v) is 12.7. The number of likely N-dealkylation sites (tertiary alicyclic amines) is 1. The van der Waals surface area contributed by atoms with Gasteiger partial charge in [-0.1, -0.05) is 18.2 Å². The van der Waals surface area contributed by atoms with Crippen LogP contribution in [0, 0.1) is 16.0 Å². The van der Waals surface area contributed by atoms with Crippen molar-refractivity contribution in [2.75, 3.05) is 26.7 Å². The Morgan fingerprint density at radius 2 is 2.20 bits per heavy atom. The quantitative estimate of drug-likeness (QED) is 0.671. The van der Waals surface area contributed by atoms with Crippen molar-refractivity contribution in [2.45, 2.75) is 19.4 Å². The van der Waals surface area contributed by atoms with Gasteiger partial charge in [0.25, 0.3) is 5.69 Å². The van der Waals surface area contributed by atoms with Gasteiger partial charge in [0.2, 0.25) is 0 Å². The van der Waals surface area contributed by atoms with Crippen LogP contribution < -0.4 is 5.32 Å². The molecule has 0 amide bonds. The zero-order chi connectivity index (χ0) is 13.8. The molecule has 1 heterocycles. The van der Waals surface area contributed by atoms with Crippen molar-refractivity contribution in [3.05, 3.63) is 39.9 Å². The largest absolute Gasteiger partial charge is 0.319 e. The van der Waals surface area contributed by atoms with Crippen LogP contribution in [0.4, 0.5) is 5.69 Å². The molecule has 1 aliphatic rings. The van der Waals surface area contributed by atoms with Gasteiger partial charge in [0.05, 0.1) is 4.92 Å². The number of nitrogens with one attached hydrogen (secondary N) is 1. The molecular formula is C14H22ClN3O2. The average Bonchev–Trinajstić information content (AvgIpc) is 2.87. The third-order valence-corrected chi connectivity index (χ3v) is 3.94. The fraction of sp³-hybridized carbons (Fsp3) is 0.571. The summed E-state index contributed by atoms with van der Waals surface area (Å²) in [5.41, 5.74) is 1.05. The third kappa shape index (κ3) is 3.69. The minimum atomic E-state index is -0.285. The lowest BCUT2D eigenvalue weighted by Gasteiger charge is -2.24. The Balaban J connectivity index is 0.00000200. The van der Waals surface area contributed by atoms with Crippen molar-refractivity contribution >= 4 is 18.1 Å². The van der Waals surface area contributed by atoms with Gasteiger partial charge in [-0.05, 0) is 39.4 Å². The van der Waals surface area contributed by atoms with Crippen molar-refractivity contribution < 1.29 is 4.92 Å². The molecule has 5 nitrogen and oxygen atoms in total. The number of nitro benzene ring substituents is 1. The Kier molecular flexibility index (Phi) is 6.39. The molecule has 0 saturated carbocycles. The second kappa shape index (κ2) is 7.57. The normalized spacial score (nSPS) is 20.4. The molecule has 20 heavy (non-hydrogen) atoms. The van der Waals surface area contributed by atoms with E-state index in [1.165, 1.54) is 0 Å². The van der Waals surface area contributed by atoms with Crippen LogP contribution in [0.25, 0.3) is 0 Å². The molecule has 0 spiro atoms. The predicted molar refractivity (Wildman–Crippen MR) is 82.4 cm³/mol. The first-order valence-corrected chi connectivity index (χ1v) is 6.75. The molecular weight excluding hydrogens is 278 g/mol. The number of nitro groups is 1. The maximum atomic E-state index is 11.1. The molecule has 112 valence electrons. The first-order chi connectivity index (χ1) is 9.13. The molecule has 0 aliphatic carbocycles. The summed E-state index contributed by atoms with van der Waals surface area (Å²) in [4.78, 5) is 13.1. The Labute approximate surface area is 125 Å². The molecule has 1 saturated heterocycles. The molecule has 6 heteroatoms. The minimum absolute atomic E-state index is 0. The summed E-state index contributed by atoms with van der Waals surface area (Å²) in [5.74, 6) is 0.648. The van der Waals surface area contributed by atoms with E-state index in [-0.39, 0.29) is 29.1 Å². The number of halogens is 1. The van der Waals surface area contributed by atoms with Crippen molar-refractivity contribution in [1.29, 1.82) is 0 Å². The standard InChI is InChI=1S/C14H21N3O2.ClH/c1-11(16-8-7-12(10-16)9-15-2)13-5-3-4-6-14(13)17(18)19;/h3-6,11-12,15H,7-10H2,1-2H3;1H. The summed E-state index contributed by atoms with van der Waals surface area (Å²) in [5, 5.41) is 14.3. The first-order valence-electron chi connectivity index (χ1n) is 6.75. The number of hydrogen-bond acceptors (Lipinski definition) is 4. The minimum Gasteiger partial charge on any atom is -0.319 e. The topological polar surface area (TPSA) is 58.4 Å². The van der Waals surface area contributed by atoms with Crippen molar-refractivity contribution in [1.82, 2.24) is 10.2 Å². The van der Waals surface area contributed by atoms with Crippen LogP contribution >= 0.6 is 12.4 Å². The van der Waals surface area contributed by atoms with E-state index in [1.54, 1.807) is 12.1 Å². The molecule has 2 rings (SSSR count). The smallest absolute Gasteiger partial charge is 0.274 e. The maximum Gasteiger partial charge on any atom is 0.274 e. The maximum absolute atomic E-state index is 11.1.